The average molecular weight is 582 g/mol. The number of nitrogens with zero attached hydrogens (tertiary/aromatic N) is 6. The molecule has 0 amide bonds. The van der Waals surface area contributed by atoms with E-state index in [1.807, 2.05) is 37.3 Å². The number of aryl methyl sites for hydroxylation is 1. The van der Waals surface area contributed by atoms with E-state index in [2.05, 4.69) is 26.9 Å². The van der Waals surface area contributed by atoms with Crippen molar-refractivity contribution >= 4 is 21.1 Å². The summed E-state index contributed by atoms with van der Waals surface area (Å²) in [6, 6.07) is 11.3. The minimum absolute atomic E-state index is 0.00905. The molecule has 1 N–H and O–H groups in total. The van der Waals surface area contributed by atoms with Crippen LogP contribution < -0.4 is 10.3 Å². The smallest absolute Gasteiger partial charge is 0.279 e. The molecule has 3 aromatic heterocycles. The normalized spacial score (nSPS) is 15.0. The van der Waals surface area contributed by atoms with Gasteiger partial charge in [0.15, 0.2) is 5.52 Å². The van der Waals surface area contributed by atoms with Gasteiger partial charge in [0.05, 0.1) is 30.6 Å². The Bertz CT molecular complexity index is 1660. The van der Waals surface area contributed by atoms with Gasteiger partial charge in [-0.15, -0.1) is 0 Å². The number of methoxy groups -OCH3 is 1. The zero-order valence-electron chi connectivity index (χ0n) is 23.5. The molecule has 12 nitrogen and oxygen atoms in total. The lowest BCUT2D eigenvalue weighted by Gasteiger charge is -2.33. The molecule has 0 aliphatic carbocycles. The molecule has 1 aliphatic rings. The topological polar surface area (TPSA) is 136 Å². The maximum Gasteiger partial charge on any atom is 0.279 e. The van der Waals surface area contributed by atoms with Gasteiger partial charge in [-0.05, 0) is 24.6 Å². The van der Waals surface area contributed by atoms with Gasteiger partial charge in [0.1, 0.15) is 22.8 Å². The van der Waals surface area contributed by atoms with Gasteiger partial charge in [-0.2, -0.15) is 9.40 Å². The Morgan fingerprint density at radius 2 is 1.78 bits per heavy atom. The first-order valence-corrected chi connectivity index (χ1v) is 15.2. The van der Waals surface area contributed by atoms with Crippen molar-refractivity contribution in [2.24, 2.45) is 0 Å². The molecule has 41 heavy (non-hydrogen) atoms. The molecule has 5 rings (SSSR count). The van der Waals surface area contributed by atoms with Gasteiger partial charge in [-0.1, -0.05) is 44.2 Å². The molecule has 0 bridgehead atoms. The first-order valence-electron chi connectivity index (χ1n) is 13.7. The highest BCUT2D eigenvalue weighted by Gasteiger charge is 2.30. The molecule has 4 heterocycles. The molecular weight excluding hydrogens is 546 g/mol. The highest BCUT2D eigenvalue weighted by atomic mass is 32.2. The van der Waals surface area contributed by atoms with E-state index < -0.39 is 15.6 Å². The summed E-state index contributed by atoms with van der Waals surface area (Å²) in [4.78, 5) is 27.4. The van der Waals surface area contributed by atoms with E-state index in [1.54, 1.807) is 11.8 Å². The average Bonchev–Trinajstić information content (AvgIpc) is 3.35. The number of sulfonamides is 1. The van der Waals surface area contributed by atoms with Crippen LogP contribution in [0.2, 0.25) is 0 Å². The fraction of sp³-hybridized carbons (Fsp3) is 0.429. The predicted molar refractivity (Wildman–Crippen MR) is 155 cm³/mol. The zero-order valence-corrected chi connectivity index (χ0v) is 24.4. The summed E-state index contributed by atoms with van der Waals surface area (Å²) in [5.41, 5.74) is 2.35. The second-order valence-corrected chi connectivity index (χ2v) is 11.7. The van der Waals surface area contributed by atoms with E-state index in [1.165, 1.54) is 16.6 Å². The number of ether oxygens (including phenoxy) is 2. The summed E-state index contributed by atoms with van der Waals surface area (Å²) >= 11 is 0. The lowest BCUT2D eigenvalue weighted by atomic mass is 10.2. The Morgan fingerprint density at radius 1 is 1.02 bits per heavy atom. The van der Waals surface area contributed by atoms with Crippen molar-refractivity contribution in [3.8, 4) is 17.3 Å². The lowest BCUT2D eigenvalue weighted by molar-refractivity contribution is 0.144. The van der Waals surface area contributed by atoms with Crippen molar-refractivity contribution < 1.29 is 17.9 Å². The molecule has 1 aromatic carbocycles. The van der Waals surface area contributed by atoms with E-state index in [9.17, 15) is 13.2 Å². The van der Waals surface area contributed by atoms with Crippen LogP contribution in [0.4, 0.5) is 0 Å². The lowest BCUT2D eigenvalue weighted by Crippen LogP contribution is -2.48. The number of fused-ring (bicyclic) bond motifs is 1. The summed E-state index contributed by atoms with van der Waals surface area (Å²) in [5, 5.41) is 4.57. The Morgan fingerprint density at radius 3 is 2.46 bits per heavy atom. The maximum atomic E-state index is 13.6. The summed E-state index contributed by atoms with van der Waals surface area (Å²) in [6.45, 7) is 7.98. The maximum absolute atomic E-state index is 13.6. The summed E-state index contributed by atoms with van der Waals surface area (Å²) in [5.74, 6) is 0.304. The number of nitrogens with one attached hydrogen (secondary N) is 1. The molecule has 218 valence electrons. The Balaban J connectivity index is 1.58. The van der Waals surface area contributed by atoms with Gasteiger partial charge < -0.3 is 19.4 Å². The predicted octanol–water partition coefficient (Wildman–Crippen LogP) is 2.14. The molecular formula is C28H35N7O5S. The van der Waals surface area contributed by atoms with Gasteiger partial charge in [0.25, 0.3) is 5.56 Å². The van der Waals surface area contributed by atoms with Crippen molar-refractivity contribution in [2.75, 3.05) is 53.0 Å². The van der Waals surface area contributed by atoms with Crippen molar-refractivity contribution in [1.82, 2.24) is 33.9 Å². The number of piperazine rings is 1. The van der Waals surface area contributed by atoms with E-state index in [0.29, 0.717) is 51.3 Å². The number of H-pyrrole nitrogens is 1. The monoisotopic (exact) mass is 581 g/mol. The van der Waals surface area contributed by atoms with E-state index in [4.69, 9.17) is 14.5 Å². The molecule has 0 atom stereocenters. The van der Waals surface area contributed by atoms with Crippen LogP contribution >= 0.6 is 0 Å². The van der Waals surface area contributed by atoms with Crippen molar-refractivity contribution in [3.05, 3.63) is 64.2 Å². The highest BCUT2D eigenvalue weighted by molar-refractivity contribution is 7.89. The second kappa shape index (κ2) is 12.5. The molecule has 0 saturated carbocycles. The molecule has 0 spiro atoms. The third kappa shape index (κ3) is 6.03. The standard InChI is InChI=1S/C28H35N7O5S/c1-4-23-24-25(32-35(23)19-20-9-7-6-8-10-20)27(36)31-26(30-24)22-17-21(18-29-28(22)40-16-15-39-3)41(37,38)34-13-11-33(5-2)12-14-34/h6-10,17-18H,4-5,11-16,19H2,1-3H3,(H,30,31,36). The fourth-order valence-corrected chi connectivity index (χ4v) is 6.34. The molecule has 0 radical (unpaired) electrons. The quantitative estimate of drug-likeness (QED) is 0.264. The van der Waals surface area contributed by atoms with Crippen LogP contribution in [0, 0.1) is 0 Å². The van der Waals surface area contributed by atoms with Crippen LogP contribution in [0.1, 0.15) is 25.1 Å². The minimum Gasteiger partial charge on any atom is -0.475 e. The number of aromatic amines is 1. The van der Waals surface area contributed by atoms with Crippen molar-refractivity contribution in [3.63, 3.8) is 0 Å². The van der Waals surface area contributed by atoms with Gasteiger partial charge in [-0.3, -0.25) is 9.48 Å². The second-order valence-electron chi connectivity index (χ2n) is 9.76. The van der Waals surface area contributed by atoms with Crippen molar-refractivity contribution in [2.45, 2.75) is 31.7 Å². The number of likely N-dealkylation sites (N-methyl/N-ethyl adjacent to an activating group) is 1. The summed E-state index contributed by atoms with van der Waals surface area (Å²) in [6.07, 6.45) is 1.88. The zero-order chi connectivity index (χ0) is 29.0. The third-order valence-electron chi connectivity index (χ3n) is 7.23. The first-order chi connectivity index (χ1) is 19.8. The number of aromatic nitrogens is 5. The largest absolute Gasteiger partial charge is 0.475 e. The molecule has 0 unspecified atom stereocenters. The van der Waals surface area contributed by atoms with Crippen LogP contribution in [-0.2, 0) is 27.7 Å². The summed E-state index contributed by atoms with van der Waals surface area (Å²) in [7, 11) is -2.28. The Labute approximate surface area is 239 Å². The van der Waals surface area contributed by atoms with Crippen LogP contribution in [0.5, 0.6) is 5.88 Å². The molecule has 1 fully saturated rings. The van der Waals surface area contributed by atoms with Crippen LogP contribution in [0.15, 0.2) is 52.3 Å². The Hall–Kier alpha value is -3.65. The fourth-order valence-electron chi connectivity index (χ4n) is 4.94. The van der Waals surface area contributed by atoms with Crippen molar-refractivity contribution in [1.29, 1.82) is 0 Å². The molecule has 13 heteroatoms. The Kier molecular flexibility index (Phi) is 8.78. The van der Waals surface area contributed by atoms with Crippen LogP contribution in [0.3, 0.4) is 0 Å². The van der Waals surface area contributed by atoms with E-state index in [0.717, 1.165) is 17.8 Å². The van der Waals surface area contributed by atoms with E-state index in [-0.39, 0.29) is 34.3 Å². The molecule has 4 aromatic rings. The molecule has 1 aliphatic heterocycles. The van der Waals surface area contributed by atoms with Gasteiger partial charge >= 0.3 is 0 Å². The highest BCUT2D eigenvalue weighted by Crippen LogP contribution is 2.30. The number of rotatable bonds is 11. The first kappa shape index (κ1) is 28.9. The summed E-state index contributed by atoms with van der Waals surface area (Å²) < 4.78 is 41.4. The van der Waals surface area contributed by atoms with E-state index >= 15 is 0 Å². The minimum atomic E-state index is -3.83. The number of benzene rings is 1. The number of hydrogen-bond donors (Lipinski definition) is 1. The third-order valence-corrected chi connectivity index (χ3v) is 9.10. The van der Waals surface area contributed by atoms with Gasteiger partial charge in [-0.25, -0.2) is 18.4 Å². The van der Waals surface area contributed by atoms with Gasteiger partial charge in [0.2, 0.25) is 15.9 Å². The SMILES string of the molecule is CCc1c2nc(-c3cc(S(=O)(=O)N4CCN(CC)CC4)cnc3OCCOC)[nH]c(=O)c2nn1Cc1ccccc1. The molecule has 1 saturated heterocycles. The van der Waals surface area contributed by atoms with Crippen LogP contribution in [0.25, 0.3) is 22.4 Å². The van der Waals surface area contributed by atoms with Crippen LogP contribution in [-0.4, -0.2) is 95.4 Å². The number of pyridine rings is 1. The van der Waals surface area contributed by atoms with Gasteiger partial charge in [0, 0.05) is 33.3 Å². The number of hydrogen-bond acceptors (Lipinski definition) is 9.